The largest absolute Gasteiger partial charge is 0.347 e. The Morgan fingerprint density at radius 1 is 0.878 bits per heavy atom. The number of fused-ring (bicyclic) bond motifs is 1. The molecule has 2 aromatic heterocycles. The number of anilines is 1. The number of unbranched alkanes of at least 4 members (excludes halogenated alkanes) is 3. The fourth-order valence-electron chi connectivity index (χ4n) is 6.67. The molecule has 0 amide bonds. The molecule has 8 nitrogen and oxygen atoms in total. The van der Waals surface area contributed by atoms with Crippen LogP contribution in [0.1, 0.15) is 148 Å². The van der Waals surface area contributed by atoms with Crippen molar-refractivity contribution in [3.63, 3.8) is 0 Å². The van der Waals surface area contributed by atoms with Gasteiger partial charge in [0.05, 0.1) is 0 Å². The van der Waals surface area contributed by atoms with Gasteiger partial charge in [-0.05, 0) is 44.4 Å². The van der Waals surface area contributed by atoms with Crippen molar-refractivity contribution in [1.82, 2.24) is 19.7 Å². The molecule has 0 aliphatic carbocycles. The fourth-order valence-corrected chi connectivity index (χ4v) is 7.65. The Kier molecular flexibility index (Phi) is 14.8. The quantitative estimate of drug-likeness (QED) is 0.117. The molecule has 1 aliphatic heterocycles. The van der Waals surface area contributed by atoms with Gasteiger partial charge in [0.15, 0.2) is 16.8 Å². The van der Waals surface area contributed by atoms with E-state index in [4.69, 9.17) is 20.1 Å². The standard InChI is InChI=1S/C40H57N7OS/c1-8-14-20-29(11-4)26-46(27-30(12-5)21-15-9-2)40-43-35(32-23-18-17-19-24-32)38(49-40)42-34-28(7)33(25-41)39(48)47-37(34)44-36(45-47)31(13-6)22-16-10-3/h17-19,23-24,29-31H,8-16,20-22,26-27H2,1-7H3/b42-34-. The van der Waals surface area contributed by atoms with Crippen LogP contribution < -0.4 is 4.90 Å². The van der Waals surface area contributed by atoms with Gasteiger partial charge in [0, 0.05) is 30.1 Å². The molecule has 9 heteroatoms. The van der Waals surface area contributed by atoms with E-state index in [0.717, 1.165) is 73.0 Å². The third kappa shape index (κ3) is 9.33. The van der Waals surface area contributed by atoms with Gasteiger partial charge in [-0.3, -0.25) is 4.79 Å². The molecular weight excluding hydrogens is 627 g/mol. The van der Waals surface area contributed by atoms with E-state index in [9.17, 15) is 10.1 Å². The van der Waals surface area contributed by atoms with E-state index in [2.05, 4.69) is 64.6 Å². The van der Waals surface area contributed by atoms with E-state index in [1.807, 2.05) is 18.2 Å². The van der Waals surface area contributed by atoms with Crippen molar-refractivity contribution in [1.29, 1.82) is 5.26 Å². The second-order valence-corrected chi connectivity index (χ2v) is 14.5. The minimum atomic E-state index is -0.437. The summed E-state index contributed by atoms with van der Waals surface area (Å²) in [5, 5.41) is 16.5. The molecular formula is C40H57N7OS. The molecule has 0 bridgehead atoms. The zero-order valence-electron chi connectivity index (χ0n) is 31.0. The Bertz CT molecular complexity index is 1590. The van der Waals surface area contributed by atoms with E-state index in [1.54, 1.807) is 18.3 Å². The summed E-state index contributed by atoms with van der Waals surface area (Å²) in [5.74, 6) is 1.94. The SMILES string of the molecule is CCCCC(CC)CN(CC(CC)CCCC)c1nc(-c2ccccc2)c(/N=C2/C(C)=C(C#N)C(=O)n3nc(C(CC)CCCC)nc32)s1. The predicted octanol–water partition coefficient (Wildman–Crippen LogP) is 10.9. The molecule has 0 radical (unpaired) electrons. The van der Waals surface area contributed by atoms with E-state index >= 15 is 0 Å². The van der Waals surface area contributed by atoms with Crippen LogP contribution in [0.3, 0.4) is 0 Å². The molecule has 0 fully saturated rings. The molecule has 49 heavy (non-hydrogen) atoms. The monoisotopic (exact) mass is 683 g/mol. The summed E-state index contributed by atoms with van der Waals surface area (Å²) >= 11 is 1.60. The van der Waals surface area contributed by atoms with Gasteiger partial charge in [-0.15, -0.1) is 5.10 Å². The number of carbonyl (C=O) groups excluding carboxylic acids is 1. The van der Waals surface area contributed by atoms with E-state index in [1.165, 1.54) is 43.2 Å². The first-order valence-electron chi connectivity index (χ1n) is 18.9. The van der Waals surface area contributed by atoms with Crippen LogP contribution in [0.5, 0.6) is 0 Å². The normalized spacial score (nSPS) is 15.7. The summed E-state index contributed by atoms with van der Waals surface area (Å²) in [4.78, 5) is 31.6. The highest BCUT2D eigenvalue weighted by Gasteiger charge is 2.34. The maximum Gasteiger partial charge on any atom is 0.291 e. The van der Waals surface area contributed by atoms with E-state index in [0.29, 0.717) is 34.8 Å². The van der Waals surface area contributed by atoms with Crippen molar-refractivity contribution in [2.75, 3.05) is 18.0 Å². The molecule has 3 heterocycles. The molecule has 4 rings (SSSR count). The van der Waals surface area contributed by atoms with Gasteiger partial charge in [0.25, 0.3) is 5.91 Å². The first-order valence-corrected chi connectivity index (χ1v) is 19.7. The van der Waals surface area contributed by atoms with Crippen molar-refractivity contribution in [2.45, 2.75) is 131 Å². The maximum atomic E-state index is 13.5. The average molecular weight is 684 g/mol. The Hall–Kier alpha value is -3.64. The highest BCUT2D eigenvalue weighted by Crippen LogP contribution is 2.42. The lowest BCUT2D eigenvalue weighted by Crippen LogP contribution is -2.34. The highest BCUT2D eigenvalue weighted by molar-refractivity contribution is 7.19. The number of hydrogen-bond donors (Lipinski definition) is 0. The lowest BCUT2D eigenvalue weighted by atomic mass is 9.96. The Labute approximate surface area is 298 Å². The Balaban J connectivity index is 1.88. The Morgan fingerprint density at radius 2 is 1.49 bits per heavy atom. The number of nitrogens with zero attached hydrogens (tertiary/aromatic N) is 7. The number of hydrogen-bond acceptors (Lipinski definition) is 8. The number of allylic oxidation sites excluding steroid dienone is 2. The zero-order valence-corrected chi connectivity index (χ0v) is 31.8. The van der Waals surface area contributed by atoms with Crippen molar-refractivity contribution in [2.24, 2.45) is 16.8 Å². The van der Waals surface area contributed by atoms with Crippen LogP contribution in [0.4, 0.5) is 10.1 Å². The predicted molar refractivity (Wildman–Crippen MR) is 204 cm³/mol. The van der Waals surface area contributed by atoms with Crippen LogP contribution in [-0.2, 0) is 0 Å². The number of carbonyl (C=O) groups is 1. The van der Waals surface area contributed by atoms with Crippen LogP contribution in [0.25, 0.3) is 11.3 Å². The van der Waals surface area contributed by atoms with Gasteiger partial charge in [0.1, 0.15) is 28.0 Å². The van der Waals surface area contributed by atoms with Crippen LogP contribution in [0.2, 0.25) is 0 Å². The Morgan fingerprint density at radius 3 is 2.04 bits per heavy atom. The first-order chi connectivity index (χ1) is 23.8. The van der Waals surface area contributed by atoms with Gasteiger partial charge < -0.3 is 4.90 Å². The topological polar surface area (TPSA) is 100 Å². The molecule has 264 valence electrons. The third-order valence-corrected chi connectivity index (χ3v) is 11.0. The molecule has 0 spiro atoms. The smallest absolute Gasteiger partial charge is 0.291 e. The number of rotatable bonds is 20. The van der Waals surface area contributed by atoms with Gasteiger partial charge in [0.2, 0.25) is 0 Å². The lowest BCUT2D eigenvalue weighted by Gasteiger charge is -2.30. The number of benzene rings is 1. The molecule has 0 saturated carbocycles. The summed E-state index contributed by atoms with van der Waals surface area (Å²) in [6, 6.07) is 12.4. The lowest BCUT2D eigenvalue weighted by molar-refractivity contribution is 0.0941. The van der Waals surface area contributed by atoms with Gasteiger partial charge in [-0.1, -0.05) is 135 Å². The fraction of sp³-hybridized carbons (Fsp3) is 0.600. The second-order valence-electron chi connectivity index (χ2n) is 13.6. The van der Waals surface area contributed by atoms with Crippen LogP contribution >= 0.6 is 11.3 Å². The highest BCUT2D eigenvalue weighted by atomic mass is 32.1. The molecule has 1 aromatic carbocycles. The van der Waals surface area contributed by atoms with Crippen molar-refractivity contribution in [3.8, 4) is 17.3 Å². The molecule has 0 saturated heterocycles. The number of aromatic nitrogens is 4. The molecule has 0 N–H and O–H groups in total. The molecule has 1 aliphatic rings. The third-order valence-electron chi connectivity index (χ3n) is 10.0. The minimum Gasteiger partial charge on any atom is -0.347 e. The van der Waals surface area contributed by atoms with Crippen molar-refractivity contribution >= 4 is 33.1 Å². The molecule has 3 unspecified atom stereocenters. The summed E-state index contributed by atoms with van der Waals surface area (Å²) in [6.07, 6.45) is 13.5. The summed E-state index contributed by atoms with van der Waals surface area (Å²) in [6.45, 7) is 17.2. The van der Waals surface area contributed by atoms with Gasteiger partial charge in [-0.25, -0.2) is 15.0 Å². The van der Waals surface area contributed by atoms with Crippen molar-refractivity contribution in [3.05, 3.63) is 53.1 Å². The first kappa shape index (κ1) is 38.2. The zero-order chi connectivity index (χ0) is 35.3. The number of thiazole rings is 1. The second kappa shape index (κ2) is 18.9. The molecule has 3 atom stereocenters. The van der Waals surface area contributed by atoms with E-state index < -0.39 is 5.91 Å². The van der Waals surface area contributed by atoms with Crippen LogP contribution in [0, 0.1) is 23.2 Å². The van der Waals surface area contributed by atoms with Crippen LogP contribution in [0.15, 0.2) is 46.5 Å². The maximum absolute atomic E-state index is 13.5. The minimum absolute atomic E-state index is 0.0559. The average Bonchev–Trinajstić information content (AvgIpc) is 3.76. The summed E-state index contributed by atoms with van der Waals surface area (Å²) in [5.41, 5.74) is 2.90. The van der Waals surface area contributed by atoms with Crippen LogP contribution in [-0.4, -0.2) is 44.5 Å². The van der Waals surface area contributed by atoms with E-state index in [-0.39, 0.29) is 11.5 Å². The molecule has 3 aromatic rings. The number of aliphatic imine (C=N–C) groups is 1. The summed E-state index contributed by atoms with van der Waals surface area (Å²) < 4.78 is 1.31. The summed E-state index contributed by atoms with van der Waals surface area (Å²) in [7, 11) is 0. The van der Waals surface area contributed by atoms with Gasteiger partial charge >= 0.3 is 0 Å². The number of nitriles is 1. The van der Waals surface area contributed by atoms with Crippen molar-refractivity contribution < 1.29 is 4.79 Å². The van der Waals surface area contributed by atoms with Gasteiger partial charge in [-0.2, -0.15) is 9.94 Å².